The molecule has 0 bridgehead atoms. The van der Waals surface area contributed by atoms with Gasteiger partial charge in [0.2, 0.25) is 0 Å². The molecule has 0 spiro atoms. The molecule has 0 amide bonds. The molecule has 0 atom stereocenters. The zero-order valence-electron chi connectivity index (χ0n) is 14.0. The monoisotopic (exact) mass is 315 g/mol. The van der Waals surface area contributed by atoms with Gasteiger partial charge in [0.05, 0.1) is 13.2 Å². The molecule has 1 saturated carbocycles. The molecule has 120 valence electrons. The summed E-state index contributed by atoms with van der Waals surface area (Å²) in [4.78, 5) is 0. The Labute approximate surface area is 143 Å². The lowest BCUT2D eigenvalue weighted by atomic mass is 9.95. The number of methoxy groups -OCH3 is 1. The summed E-state index contributed by atoms with van der Waals surface area (Å²) in [5, 5.41) is 9.20. The van der Waals surface area contributed by atoms with Crippen LogP contribution in [0, 0.1) is 11.3 Å². The molecule has 1 fully saturated rings. The second-order valence-electron chi connectivity index (χ2n) is 6.02. The topological polar surface area (TPSA) is 33.0 Å². The van der Waals surface area contributed by atoms with Gasteiger partial charge in [-0.3, -0.25) is 0 Å². The highest BCUT2D eigenvalue weighted by molar-refractivity contribution is 5.83. The van der Waals surface area contributed by atoms with E-state index >= 15 is 0 Å². The van der Waals surface area contributed by atoms with E-state index in [2.05, 4.69) is 18.2 Å². The maximum absolute atomic E-state index is 9.20. The van der Waals surface area contributed by atoms with Crippen molar-refractivity contribution in [2.24, 2.45) is 0 Å². The van der Waals surface area contributed by atoms with E-state index in [1.54, 1.807) is 13.2 Å². The third-order valence-electron chi connectivity index (χ3n) is 4.44. The number of nitriles is 1. The lowest BCUT2D eigenvalue weighted by Crippen LogP contribution is -1.93. The molecule has 0 aliphatic heterocycles. The molecule has 0 heterocycles. The van der Waals surface area contributed by atoms with Gasteiger partial charge in [-0.05, 0) is 54.5 Å². The predicted octanol–water partition coefficient (Wildman–Crippen LogP) is 5.61. The van der Waals surface area contributed by atoms with Crippen LogP contribution in [0.5, 0.6) is 5.75 Å². The standard InChI is InChI=1S/C22H21NO/c1-24-22-12-11-19(16-20(22)15-17-7-5-6-8-17)21(13-14-23)18-9-3-2-4-10-18/h2-4,9-13,15-16H,5-8H2,1H3/b21-13-. The van der Waals surface area contributed by atoms with Crippen molar-refractivity contribution in [3.63, 3.8) is 0 Å². The number of rotatable bonds is 4. The normalized spacial score (nSPS) is 14.3. The lowest BCUT2D eigenvalue weighted by Gasteiger charge is -2.12. The maximum atomic E-state index is 9.20. The maximum Gasteiger partial charge on any atom is 0.126 e. The van der Waals surface area contributed by atoms with Gasteiger partial charge < -0.3 is 4.74 Å². The molecule has 0 unspecified atom stereocenters. The molecule has 1 aliphatic rings. The molecule has 0 saturated heterocycles. The Morgan fingerprint density at radius 3 is 2.46 bits per heavy atom. The van der Waals surface area contributed by atoms with Gasteiger partial charge in [-0.15, -0.1) is 0 Å². The smallest absolute Gasteiger partial charge is 0.126 e. The third-order valence-corrected chi connectivity index (χ3v) is 4.44. The van der Waals surface area contributed by atoms with Crippen LogP contribution in [0.1, 0.15) is 42.4 Å². The Kier molecular flexibility index (Phi) is 5.13. The van der Waals surface area contributed by atoms with Crippen LogP contribution in [0.2, 0.25) is 0 Å². The summed E-state index contributed by atoms with van der Waals surface area (Å²) in [5.74, 6) is 0.877. The number of hydrogen-bond acceptors (Lipinski definition) is 2. The Bertz CT molecular complexity index is 802. The molecule has 0 radical (unpaired) electrons. The van der Waals surface area contributed by atoms with Gasteiger partial charge in [0, 0.05) is 11.6 Å². The number of allylic oxidation sites excluding steroid dienone is 2. The summed E-state index contributed by atoms with van der Waals surface area (Å²) in [6, 6.07) is 18.3. The van der Waals surface area contributed by atoms with Crippen LogP contribution >= 0.6 is 0 Å². The van der Waals surface area contributed by atoms with Crippen LogP contribution in [0.3, 0.4) is 0 Å². The molecule has 0 N–H and O–H groups in total. The van der Waals surface area contributed by atoms with E-state index < -0.39 is 0 Å². The van der Waals surface area contributed by atoms with Crippen LogP contribution in [0.15, 0.2) is 60.2 Å². The largest absolute Gasteiger partial charge is 0.496 e. The summed E-state index contributed by atoms with van der Waals surface area (Å²) >= 11 is 0. The van der Waals surface area contributed by atoms with Crippen LogP contribution in [-0.4, -0.2) is 7.11 Å². The van der Waals surface area contributed by atoms with Crippen LogP contribution in [-0.2, 0) is 0 Å². The van der Waals surface area contributed by atoms with Gasteiger partial charge >= 0.3 is 0 Å². The fourth-order valence-electron chi connectivity index (χ4n) is 3.22. The summed E-state index contributed by atoms with van der Waals surface area (Å²) < 4.78 is 5.53. The quantitative estimate of drug-likeness (QED) is 0.687. The third kappa shape index (κ3) is 3.58. The van der Waals surface area contributed by atoms with Gasteiger partial charge in [-0.25, -0.2) is 0 Å². The van der Waals surface area contributed by atoms with E-state index in [4.69, 9.17) is 4.74 Å². The lowest BCUT2D eigenvalue weighted by molar-refractivity contribution is 0.414. The molecule has 0 aromatic heterocycles. The zero-order valence-corrected chi connectivity index (χ0v) is 14.0. The van der Waals surface area contributed by atoms with Gasteiger partial charge in [0.1, 0.15) is 5.75 Å². The fourth-order valence-corrected chi connectivity index (χ4v) is 3.22. The highest BCUT2D eigenvalue weighted by atomic mass is 16.5. The van der Waals surface area contributed by atoms with Gasteiger partial charge in [-0.2, -0.15) is 5.26 Å². The summed E-state index contributed by atoms with van der Waals surface area (Å²) in [5.41, 5.74) is 5.59. The van der Waals surface area contributed by atoms with Gasteiger partial charge in [0.25, 0.3) is 0 Å². The number of benzene rings is 2. The first-order valence-corrected chi connectivity index (χ1v) is 8.35. The first-order valence-electron chi connectivity index (χ1n) is 8.35. The van der Waals surface area contributed by atoms with Crippen molar-refractivity contribution in [2.45, 2.75) is 25.7 Å². The first kappa shape index (κ1) is 16.1. The predicted molar refractivity (Wildman–Crippen MR) is 98.6 cm³/mol. The fraction of sp³-hybridized carbons (Fsp3) is 0.227. The summed E-state index contributed by atoms with van der Waals surface area (Å²) in [7, 11) is 1.70. The van der Waals surface area contributed by atoms with Crippen molar-refractivity contribution in [1.82, 2.24) is 0 Å². The highest BCUT2D eigenvalue weighted by Gasteiger charge is 2.11. The molecular formula is C22H21NO. The number of nitrogens with zero attached hydrogens (tertiary/aromatic N) is 1. The summed E-state index contributed by atoms with van der Waals surface area (Å²) in [6.07, 6.45) is 8.77. The van der Waals surface area contributed by atoms with E-state index in [0.29, 0.717) is 0 Å². The van der Waals surface area contributed by atoms with Crippen LogP contribution in [0.25, 0.3) is 11.6 Å². The summed E-state index contributed by atoms with van der Waals surface area (Å²) in [6.45, 7) is 0. The van der Waals surface area contributed by atoms with Crippen LogP contribution < -0.4 is 4.74 Å². The van der Waals surface area contributed by atoms with E-state index in [-0.39, 0.29) is 0 Å². The average molecular weight is 315 g/mol. The minimum Gasteiger partial charge on any atom is -0.496 e. The Hall–Kier alpha value is -2.79. The van der Waals surface area contributed by atoms with E-state index in [1.807, 2.05) is 42.5 Å². The first-order chi connectivity index (χ1) is 11.8. The minimum absolute atomic E-state index is 0.877. The molecule has 3 rings (SSSR count). The Morgan fingerprint density at radius 1 is 1.04 bits per heavy atom. The Balaban J connectivity index is 2.06. The van der Waals surface area contributed by atoms with Gasteiger partial charge in [0.15, 0.2) is 0 Å². The molecule has 24 heavy (non-hydrogen) atoms. The van der Waals surface area contributed by atoms with Crippen molar-refractivity contribution >= 4 is 11.6 Å². The molecule has 2 aromatic carbocycles. The number of ether oxygens (including phenoxy) is 1. The van der Waals surface area contributed by atoms with Crippen LogP contribution in [0.4, 0.5) is 0 Å². The van der Waals surface area contributed by atoms with Gasteiger partial charge in [-0.1, -0.05) is 48.0 Å². The van der Waals surface area contributed by atoms with E-state index in [0.717, 1.165) is 28.0 Å². The van der Waals surface area contributed by atoms with Crippen molar-refractivity contribution in [1.29, 1.82) is 5.26 Å². The Morgan fingerprint density at radius 2 is 1.79 bits per heavy atom. The second kappa shape index (κ2) is 7.66. The second-order valence-corrected chi connectivity index (χ2v) is 6.02. The average Bonchev–Trinajstić information content (AvgIpc) is 3.13. The molecule has 2 aromatic rings. The van der Waals surface area contributed by atoms with Crippen molar-refractivity contribution in [3.05, 3.63) is 76.9 Å². The minimum atomic E-state index is 0.877. The van der Waals surface area contributed by atoms with E-state index in [9.17, 15) is 5.26 Å². The van der Waals surface area contributed by atoms with E-state index in [1.165, 1.54) is 31.3 Å². The molecular weight excluding hydrogens is 294 g/mol. The van der Waals surface area contributed by atoms with Crippen molar-refractivity contribution < 1.29 is 4.74 Å². The molecule has 2 heteroatoms. The molecule has 1 aliphatic carbocycles. The van der Waals surface area contributed by atoms with Crippen molar-refractivity contribution in [2.75, 3.05) is 7.11 Å². The number of hydrogen-bond donors (Lipinski definition) is 0. The zero-order chi connectivity index (χ0) is 16.8. The van der Waals surface area contributed by atoms with Crippen molar-refractivity contribution in [3.8, 4) is 11.8 Å². The highest BCUT2D eigenvalue weighted by Crippen LogP contribution is 2.32. The SMILES string of the molecule is COc1ccc(/C(=C\C#N)c2ccccc2)cc1C=C1CCCC1. The molecule has 2 nitrogen and oxygen atoms in total.